The molecule has 4 N–H and O–H groups in total. The molecule has 1 aromatic carbocycles. The summed E-state index contributed by atoms with van der Waals surface area (Å²) in [5.74, 6) is -0.285. The number of rotatable bonds is 1. The maximum atomic E-state index is 14.2. The number of hydrogen-bond acceptors (Lipinski definition) is 8. The molecule has 33 heavy (non-hydrogen) atoms. The highest BCUT2D eigenvalue weighted by atomic mass is 19.1. The minimum absolute atomic E-state index is 0.00563. The van der Waals surface area contributed by atoms with Crippen molar-refractivity contribution in [2.75, 3.05) is 12.8 Å². The summed E-state index contributed by atoms with van der Waals surface area (Å²) in [6.07, 6.45) is 0.940. The molecule has 1 aliphatic heterocycles. The van der Waals surface area contributed by atoms with Crippen LogP contribution in [-0.4, -0.2) is 32.1 Å². The Bertz CT molecular complexity index is 1410. The zero-order valence-electron chi connectivity index (χ0n) is 18.2. The van der Waals surface area contributed by atoms with E-state index in [1.54, 1.807) is 33.3 Å². The number of nitrogen functional groups attached to an aromatic ring is 1. The third kappa shape index (κ3) is 3.71. The Morgan fingerprint density at radius 1 is 1.39 bits per heavy atom. The van der Waals surface area contributed by atoms with Crippen LogP contribution in [0.3, 0.4) is 0 Å². The van der Waals surface area contributed by atoms with Gasteiger partial charge in [-0.25, -0.2) is 9.18 Å². The van der Waals surface area contributed by atoms with E-state index in [-0.39, 0.29) is 46.5 Å². The van der Waals surface area contributed by atoms with Crippen LogP contribution in [0.5, 0.6) is 5.75 Å². The number of ether oxygens (including phenoxy) is 1. The van der Waals surface area contributed by atoms with Gasteiger partial charge in [0.2, 0.25) is 0 Å². The number of allylic oxidation sites excluding steroid dienone is 2. The molecular weight excluding hydrogens is 427 g/mol. The molecular formula is C22H21FN8O2. The van der Waals surface area contributed by atoms with Crippen LogP contribution in [-0.2, 0) is 13.6 Å². The lowest BCUT2D eigenvalue weighted by Crippen LogP contribution is -2.28. The maximum Gasteiger partial charge on any atom is 0.328 e. The van der Waals surface area contributed by atoms with E-state index in [0.29, 0.717) is 16.8 Å². The largest absolute Gasteiger partial charge is 0.482 e. The van der Waals surface area contributed by atoms with E-state index in [1.165, 1.54) is 27.3 Å². The molecule has 0 saturated heterocycles. The molecule has 1 aliphatic rings. The lowest BCUT2D eigenvalue weighted by Gasteiger charge is -2.22. The van der Waals surface area contributed by atoms with Crippen molar-refractivity contribution in [3.8, 4) is 23.1 Å². The van der Waals surface area contributed by atoms with Gasteiger partial charge in [0, 0.05) is 37.5 Å². The summed E-state index contributed by atoms with van der Waals surface area (Å²) in [5, 5.41) is 29.2. The van der Waals surface area contributed by atoms with Crippen LogP contribution >= 0.6 is 0 Å². The second-order valence-electron chi connectivity index (χ2n) is 7.56. The number of aromatic nitrogens is 4. The highest BCUT2D eigenvalue weighted by Gasteiger charge is 2.25. The van der Waals surface area contributed by atoms with E-state index in [0.717, 1.165) is 0 Å². The second kappa shape index (κ2) is 8.23. The number of nitrogens with one attached hydrogen (secondary N) is 2. The first-order valence-corrected chi connectivity index (χ1v) is 10.0. The fraction of sp³-hybridized carbons (Fsp3) is 0.227. The molecule has 168 valence electrons. The Kier molecular flexibility index (Phi) is 5.43. The number of imidazole rings is 1. The Balaban J connectivity index is 2.07. The standard InChI is InChI=1S/C22H21FN8O2/c1-11-14-6-12(23)4-5-13(14)18-10-30(3)22(32)31(18)9-15(25)20(17(8-24)27-2)16-7-19(33-11)21(26)29-28-16/h4-7,10-11,25,27H,9H2,1-3H3,(H2,26,29)/b20-17+,25-15?/t11-/m1/s1. The van der Waals surface area contributed by atoms with Crippen molar-refractivity contribution in [2.45, 2.75) is 19.6 Å². The van der Waals surface area contributed by atoms with Crippen LogP contribution < -0.4 is 21.5 Å². The highest BCUT2D eigenvalue weighted by molar-refractivity contribution is 6.23. The topological polar surface area (TPSA) is 148 Å². The number of nitrogens with zero attached hydrogens (tertiary/aromatic N) is 5. The van der Waals surface area contributed by atoms with Crippen LogP contribution in [0.25, 0.3) is 16.8 Å². The van der Waals surface area contributed by atoms with Gasteiger partial charge in [0.25, 0.3) is 0 Å². The highest BCUT2D eigenvalue weighted by Crippen LogP contribution is 2.35. The Morgan fingerprint density at radius 2 is 2.15 bits per heavy atom. The van der Waals surface area contributed by atoms with Gasteiger partial charge in [-0.3, -0.25) is 4.57 Å². The third-order valence-electron chi connectivity index (χ3n) is 5.44. The number of benzene rings is 1. The SMILES string of the molecule is CN/C(C#N)=C1\C(=N)Cn2c(cn(C)c2=O)-c2ccc(F)cc2[C@@H](C)Oc2cc1nnc2N. The van der Waals surface area contributed by atoms with Crippen LogP contribution in [0.4, 0.5) is 10.2 Å². The van der Waals surface area contributed by atoms with Gasteiger partial charge >= 0.3 is 5.69 Å². The van der Waals surface area contributed by atoms with Crippen molar-refractivity contribution in [3.63, 3.8) is 0 Å². The van der Waals surface area contributed by atoms with Gasteiger partial charge in [0.15, 0.2) is 11.6 Å². The summed E-state index contributed by atoms with van der Waals surface area (Å²) in [7, 11) is 3.14. The molecule has 3 heterocycles. The number of aryl methyl sites for hydroxylation is 1. The van der Waals surface area contributed by atoms with Gasteiger partial charge in [-0.2, -0.15) is 5.26 Å². The number of anilines is 1. The van der Waals surface area contributed by atoms with Crippen LogP contribution in [0.2, 0.25) is 0 Å². The van der Waals surface area contributed by atoms with E-state index in [2.05, 4.69) is 15.5 Å². The molecule has 0 saturated carbocycles. The first kappa shape index (κ1) is 21.8. The zero-order chi connectivity index (χ0) is 23.9. The molecule has 3 aromatic rings. The average Bonchev–Trinajstić information content (AvgIpc) is 3.06. The molecule has 0 spiro atoms. The zero-order valence-corrected chi connectivity index (χ0v) is 18.2. The first-order valence-electron chi connectivity index (χ1n) is 10.0. The predicted octanol–water partition coefficient (Wildman–Crippen LogP) is 1.99. The summed E-state index contributed by atoms with van der Waals surface area (Å²) in [6.45, 7) is 1.56. The fourth-order valence-electron chi connectivity index (χ4n) is 3.83. The molecule has 0 unspecified atom stereocenters. The maximum absolute atomic E-state index is 14.2. The van der Waals surface area contributed by atoms with E-state index < -0.39 is 11.9 Å². The van der Waals surface area contributed by atoms with Crippen LogP contribution in [0, 0.1) is 22.6 Å². The van der Waals surface area contributed by atoms with Gasteiger partial charge in [-0.15, -0.1) is 10.2 Å². The minimum Gasteiger partial charge on any atom is -0.482 e. The molecule has 2 bridgehead atoms. The van der Waals surface area contributed by atoms with Gasteiger partial charge in [-0.1, -0.05) is 0 Å². The van der Waals surface area contributed by atoms with Gasteiger partial charge in [0.05, 0.1) is 23.5 Å². The molecule has 2 aromatic heterocycles. The fourth-order valence-corrected chi connectivity index (χ4v) is 3.83. The third-order valence-corrected chi connectivity index (χ3v) is 5.44. The van der Waals surface area contributed by atoms with Crippen molar-refractivity contribution in [1.29, 1.82) is 10.7 Å². The number of nitriles is 1. The quantitative estimate of drug-likeness (QED) is 0.482. The summed E-state index contributed by atoms with van der Waals surface area (Å²) >= 11 is 0. The molecule has 0 aliphatic carbocycles. The van der Waals surface area contributed by atoms with Gasteiger partial charge in [-0.05, 0) is 25.1 Å². The number of fused-ring (bicyclic) bond motifs is 5. The smallest absolute Gasteiger partial charge is 0.328 e. The lowest BCUT2D eigenvalue weighted by molar-refractivity contribution is 0.227. The van der Waals surface area contributed by atoms with Crippen molar-refractivity contribution < 1.29 is 9.13 Å². The number of hydrogen-bond donors (Lipinski definition) is 3. The normalized spacial score (nSPS) is 16.9. The van der Waals surface area contributed by atoms with Gasteiger partial charge < -0.3 is 25.8 Å². The first-order chi connectivity index (χ1) is 15.7. The van der Waals surface area contributed by atoms with E-state index in [9.17, 15) is 14.4 Å². The van der Waals surface area contributed by atoms with Crippen LogP contribution in [0.15, 0.2) is 41.0 Å². The average molecular weight is 448 g/mol. The monoisotopic (exact) mass is 448 g/mol. The van der Waals surface area contributed by atoms with E-state index >= 15 is 0 Å². The summed E-state index contributed by atoms with van der Waals surface area (Å²) in [4.78, 5) is 13.0. The molecule has 4 rings (SSSR count). The van der Waals surface area contributed by atoms with Gasteiger partial charge in [0.1, 0.15) is 29.4 Å². The molecule has 0 amide bonds. The molecule has 0 fully saturated rings. The molecule has 1 atom stereocenters. The second-order valence-corrected chi connectivity index (χ2v) is 7.56. The Morgan fingerprint density at radius 3 is 2.85 bits per heavy atom. The summed E-state index contributed by atoms with van der Waals surface area (Å²) < 4.78 is 23.0. The lowest BCUT2D eigenvalue weighted by atomic mass is 9.99. The molecule has 0 radical (unpaired) electrons. The van der Waals surface area contributed by atoms with E-state index in [4.69, 9.17) is 15.9 Å². The number of nitrogens with two attached hydrogens (primary N) is 1. The van der Waals surface area contributed by atoms with Crippen molar-refractivity contribution in [1.82, 2.24) is 24.6 Å². The summed E-state index contributed by atoms with van der Waals surface area (Å²) in [6, 6.07) is 7.69. The minimum atomic E-state index is -0.676. The predicted molar refractivity (Wildman–Crippen MR) is 120 cm³/mol. The molecule has 11 heteroatoms. The van der Waals surface area contributed by atoms with Crippen molar-refractivity contribution in [2.24, 2.45) is 7.05 Å². The van der Waals surface area contributed by atoms with Crippen molar-refractivity contribution >= 4 is 17.1 Å². The Labute approximate surface area is 188 Å². The van der Waals surface area contributed by atoms with Crippen molar-refractivity contribution in [3.05, 3.63) is 63.7 Å². The molecule has 10 nitrogen and oxygen atoms in total. The number of halogens is 1. The van der Waals surface area contributed by atoms with E-state index in [1.807, 2.05) is 6.07 Å². The Hall–Kier alpha value is -4.46. The van der Waals surface area contributed by atoms with Crippen LogP contribution in [0.1, 0.15) is 24.3 Å². The summed E-state index contributed by atoms with van der Waals surface area (Å²) in [5.41, 5.74) is 7.48.